The maximum atomic E-state index is 13.2. The molecule has 0 aliphatic carbocycles. The summed E-state index contributed by atoms with van der Waals surface area (Å²) >= 11 is 11.8. The van der Waals surface area contributed by atoms with Crippen molar-refractivity contribution >= 4 is 56.7 Å². The number of hydrogen-bond acceptors (Lipinski definition) is 7. The fourth-order valence-electron chi connectivity index (χ4n) is 3.65. The van der Waals surface area contributed by atoms with Crippen LogP contribution in [0.3, 0.4) is 0 Å². The highest BCUT2D eigenvalue weighted by Gasteiger charge is 2.38. The van der Waals surface area contributed by atoms with E-state index in [0.29, 0.717) is 27.2 Å². The van der Waals surface area contributed by atoms with Gasteiger partial charge in [0.25, 0.3) is 0 Å². The topological polar surface area (TPSA) is 106 Å². The molecule has 0 saturated carbocycles. The fourth-order valence-corrected chi connectivity index (χ4v) is 4.89. The lowest BCUT2D eigenvalue weighted by Crippen LogP contribution is -2.22. The molecule has 0 radical (unpaired) electrons. The van der Waals surface area contributed by atoms with E-state index >= 15 is 0 Å². The third kappa shape index (κ3) is 5.24. The Labute approximate surface area is 217 Å². The van der Waals surface area contributed by atoms with Crippen LogP contribution in [0.4, 0.5) is 5.69 Å². The number of halogens is 2. The van der Waals surface area contributed by atoms with Crippen molar-refractivity contribution in [3.8, 4) is 0 Å². The van der Waals surface area contributed by atoms with Crippen LogP contribution in [-0.2, 0) is 30.9 Å². The van der Waals surface area contributed by atoms with Crippen LogP contribution < -0.4 is 9.62 Å². The second-order valence-corrected chi connectivity index (χ2v) is 10.3. The minimum absolute atomic E-state index is 0.0628. The minimum atomic E-state index is -3.79. The monoisotopic (exact) mass is 546 g/mol. The van der Waals surface area contributed by atoms with E-state index in [2.05, 4.69) is 4.72 Å². The SMILES string of the molecule is COC(=O)C1=C(C)N(c2ccc(Cl)cc2)/C(=C/c2ccc(CNS(=O)(=O)c3ccc(Cl)cc3)o2)C1=O. The first-order chi connectivity index (χ1) is 17.1. The number of methoxy groups -OCH3 is 1. The molecule has 0 spiro atoms. The number of allylic oxidation sites excluding steroid dienone is 2. The van der Waals surface area contributed by atoms with Crippen molar-refractivity contribution in [2.75, 3.05) is 12.0 Å². The smallest absolute Gasteiger partial charge is 0.343 e. The Kier molecular flexibility index (Phi) is 7.37. The summed E-state index contributed by atoms with van der Waals surface area (Å²) in [5.41, 5.74) is 1.07. The third-order valence-electron chi connectivity index (χ3n) is 5.39. The number of nitrogens with zero attached hydrogens (tertiary/aromatic N) is 1. The number of nitrogens with one attached hydrogen (secondary N) is 1. The predicted molar refractivity (Wildman–Crippen MR) is 136 cm³/mol. The van der Waals surface area contributed by atoms with Crippen LogP contribution >= 0.6 is 23.2 Å². The molecule has 1 N–H and O–H groups in total. The molecule has 0 amide bonds. The van der Waals surface area contributed by atoms with Crippen LogP contribution in [0, 0.1) is 0 Å². The lowest BCUT2D eigenvalue weighted by molar-refractivity contribution is -0.137. The second kappa shape index (κ2) is 10.3. The Morgan fingerprint density at radius 2 is 1.64 bits per heavy atom. The largest absolute Gasteiger partial charge is 0.465 e. The Morgan fingerprint density at radius 3 is 2.25 bits per heavy atom. The molecule has 8 nitrogen and oxygen atoms in total. The molecule has 0 bridgehead atoms. The normalized spacial score (nSPS) is 15.2. The van der Waals surface area contributed by atoms with Crippen LogP contribution in [0.5, 0.6) is 0 Å². The standard InChI is InChI=1S/C25H20Cl2N2O6S/c1-15-23(25(31)34-2)24(30)22(29(15)18-7-3-16(26)4-8-18)13-19-9-10-20(35-19)14-28-36(32,33)21-11-5-17(27)6-12-21/h3-13,28H,14H2,1-2H3/b22-13+. The molecular weight excluding hydrogens is 527 g/mol. The first kappa shape index (κ1) is 25.7. The number of anilines is 1. The highest BCUT2D eigenvalue weighted by atomic mass is 35.5. The molecule has 2 aromatic carbocycles. The van der Waals surface area contributed by atoms with Crippen LogP contribution in [-0.4, -0.2) is 27.3 Å². The zero-order valence-electron chi connectivity index (χ0n) is 19.1. The van der Waals surface area contributed by atoms with Gasteiger partial charge in [0.1, 0.15) is 17.1 Å². The van der Waals surface area contributed by atoms with Gasteiger partial charge in [0, 0.05) is 27.5 Å². The van der Waals surface area contributed by atoms with E-state index in [-0.39, 0.29) is 28.5 Å². The number of rotatable bonds is 7. The second-order valence-electron chi connectivity index (χ2n) is 7.71. The lowest BCUT2D eigenvalue weighted by atomic mass is 10.1. The van der Waals surface area contributed by atoms with Gasteiger partial charge in [-0.05, 0) is 67.6 Å². The van der Waals surface area contributed by atoms with Crippen molar-refractivity contribution < 1.29 is 27.2 Å². The van der Waals surface area contributed by atoms with Crippen LogP contribution in [0.2, 0.25) is 10.0 Å². The van der Waals surface area contributed by atoms with Gasteiger partial charge in [-0.3, -0.25) is 4.79 Å². The number of ether oxygens (including phenoxy) is 1. The van der Waals surface area contributed by atoms with Gasteiger partial charge in [-0.2, -0.15) is 0 Å². The van der Waals surface area contributed by atoms with Gasteiger partial charge in [-0.25, -0.2) is 17.9 Å². The zero-order valence-corrected chi connectivity index (χ0v) is 21.4. The van der Waals surface area contributed by atoms with Crippen molar-refractivity contribution in [1.82, 2.24) is 4.72 Å². The molecule has 0 unspecified atom stereocenters. The summed E-state index contributed by atoms with van der Waals surface area (Å²) in [5.74, 6) is -0.676. The summed E-state index contributed by atoms with van der Waals surface area (Å²) in [4.78, 5) is 27.2. The van der Waals surface area contributed by atoms with Crippen molar-refractivity contribution in [2.45, 2.75) is 18.4 Å². The van der Waals surface area contributed by atoms with E-state index in [4.69, 9.17) is 32.4 Å². The first-order valence-electron chi connectivity index (χ1n) is 10.6. The fraction of sp³-hybridized carbons (Fsp3) is 0.120. The van der Waals surface area contributed by atoms with Crippen LogP contribution in [0.15, 0.2) is 86.9 Å². The van der Waals surface area contributed by atoms with E-state index in [9.17, 15) is 18.0 Å². The number of carbonyl (C=O) groups excluding carboxylic acids is 2. The van der Waals surface area contributed by atoms with Crippen molar-refractivity contribution in [3.63, 3.8) is 0 Å². The highest BCUT2D eigenvalue weighted by molar-refractivity contribution is 7.89. The maximum absolute atomic E-state index is 13.2. The Bertz CT molecular complexity index is 1490. The zero-order chi connectivity index (χ0) is 26.0. The van der Waals surface area contributed by atoms with Gasteiger partial charge in [0.15, 0.2) is 0 Å². The van der Waals surface area contributed by atoms with Gasteiger partial charge in [0.2, 0.25) is 15.8 Å². The van der Waals surface area contributed by atoms with Gasteiger partial charge >= 0.3 is 5.97 Å². The summed E-state index contributed by atoms with van der Waals surface area (Å²) < 4.78 is 38.0. The van der Waals surface area contributed by atoms with E-state index < -0.39 is 21.8 Å². The van der Waals surface area contributed by atoms with Crippen LogP contribution in [0.1, 0.15) is 18.4 Å². The first-order valence-corrected chi connectivity index (χ1v) is 12.8. The Balaban J connectivity index is 1.61. The molecular formula is C25H20Cl2N2O6S. The molecule has 4 rings (SSSR count). The van der Waals surface area contributed by atoms with Crippen LogP contribution in [0.25, 0.3) is 6.08 Å². The molecule has 36 heavy (non-hydrogen) atoms. The number of ketones is 1. The molecule has 11 heteroatoms. The molecule has 0 atom stereocenters. The number of hydrogen-bond donors (Lipinski definition) is 1. The summed E-state index contributed by atoms with van der Waals surface area (Å²) in [6.45, 7) is 1.52. The number of esters is 1. The molecule has 0 saturated heterocycles. The van der Waals surface area contributed by atoms with Gasteiger partial charge < -0.3 is 14.1 Å². The third-order valence-corrected chi connectivity index (χ3v) is 7.32. The molecule has 186 valence electrons. The van der Waals surface area contributed by atoms with E-state index in [0.717, 1.165) is 0 Å². The quantitative estimate of drug-likeness (QED) is 0.254. The number of carbonyl (C=O) groups is 2. The van der Waals surface area contributed by atoms with Crippen molar-refractivity contribution in [3.05, 3.63) is 99.2 Å². The minimum Gasteiger partial charge on any atom is -0.465 e. The highest BCUT2D eigenvalue weighted by Crippen LogP contribution is 2.36. The predicted octanol–water partition coefficient (Wildman–Crippen LogP) is 4.94. The maximum Gasteiger partial charge on any atom is 0.343 e. The Hall–Kier alpha value is -3.37. The number of sulfonamides is 1. The summed E-state index contributed by atoms with van der Waals surface area (Å²) in [7, 11) is -2.59. The number of Topliss-reactive ketones (excluding diaryl/α,β-unsaturated/α-hetero) is 1. The molecule has 1 aliphatic heterocycles. The van der Waals surface area contributed by atoms with Gasteiger partial charge in [-0.1, -0.05) is 23.2 Å². The molecule has 0 fully saturated rings. The Morgan fingerprint density at radius 1 is 1.03 bits per heavy atom. The molecule has 2 heterocycles. The summed E-state index contributed by atoms with van der Waals surface area (Å²) in [5, 5.41) is 0.938. The molecule has 3 aromatic rings. The van der Waals surface area contributed by atoms with Crippen molar-refractivity contribution in [1.29, 1.82) is 0 Å². The van der Waals surface area contributed by atoms with Gasteiger partial charge in [0.05, 0.1) is 24.2 Å². The van der Waals surface area contributed by atoms with E-state index in [1.165, 1.54) is 37.5 Å². The summed E-state index contributed by atoms with van der Waals surface area (Å²) in [6, 6.07) is 15.7. The molecule has 1 aliphatic rings. The average Bonchev–Trinajstić information content (AvgIpc) is 3.40. The van der Waals surface area contributed by atoms with Gasteiger partial charge in [-0.15, -0.1) is 0 Å². The average molecular weight is 547 g/mol. The number of benzene rings is 2. The molecule has 1 aromatic heterocycles. The summed E-state index contributed by atoms with van der Waals surface area (Å²) in [6.07, 6.45) is 1.48. The van der Waals surface area contributed by atoms with E-state index in [1.807, 2.05) is 0 Å². The van der Waals surface area contributed by atoms with Crippen molar-refractivity contribution in [2.24, 2.45) is 0 Å². The number of furan rings is 1. The van der Waals surface area contributed by atoms with E-state index in [1.54, 1.807) is 48.2 Å². The lowest BCUT2D eigenvalue weighted by Gasteiger charge is -2.21.